The number of cyclic esters (lactones) is 1. The Hall–Kier alpha value is -1.92. The molecule has 0 bridgehead atoms. The van der Waals surface area contributed by atoms with Crippen molar-refractivity contribution >= 4 is 17.6 Å². The van der Waals surface area contributed by atoms with Gasteiger partial charge in [0.1, 0.15) is 6.04 Å². The van der Waals surface area contributed by atoms with Crippen molar-refractivity contribution in [3.05, 3.63) is 35.2 Å². The first-order valence-corrected chi connectivity index (χ1v) is 8.59. The van der Waals surface area contributed by atoms with E-state index in [1.54, 1.807) is 12.1 Å². The summed E-state index contributed by atoms with van der Waals surface area (Å²) in [5.41, 5.74) is 0.876. The van der Waals surface area contributed by atoms with E-state index in [9.17, 15) is 4.79 Å². The molecule has 6 nitrogen and oxygen atoms in total. The van der Waals surface area contributed by atoms with E-state index in [4.69, 9.17) is 20.9 Å². The van der Waals surface area contributed by atoms with Crippen molar-refractivity contribution in [2.75, 3.05) is 19.7 Å². The van der Waals surface area contributed by atoms with Crippen LogP contribution in [0.4, 0.5) is 0 Å². The molecule has 2 aliphatic rings. The lowest BCUT2D eigenvalue weighted by molar-refractivity contribution is -0.142. The zero-order chi connectivity index (χ0) is 16.5. The quantitative estimate of drug-likeness (QED) is 0.795. The van der Waals surface area contributed by atoms with Crippen molar-refractivity contribution in [1.82, 2.24) is 15.0 Å². The van der Waals surface area contributed by atoms with Crippen LogP contribution in [0.5, 0.6) is 0 Å². The number of rotatable bonds is 3. The standard InChI is InChI=1S/C17H18ClN3O3/c18-13-5-3-11(4-6-13)15-19-16(24-20-15)12-2-1-8-21(10-12)14-7-9-23-17(14)22/h3-6,12,14H,1-2,7-10H2/t12-,14-/m1/s1. The fraction of sp³-hybridized carbons (Fsp3) is 0.471. The summed E-state index contributed by atoms with van der Waals surface area (Å²) in [5, 5.41) is 4.76. The van der Waals surface area contributed by atoms with E-state index in [-0.39, 0.29) is 17.9 Å². The van der Waals surface area contributed by atoms with Crippen molar-refractivity contribution in [3.8, 4) is 11.4 Å². The normalized spacial score (nSPS) is 25.0. The van der Waals surface area contributed by atoms with Crippen LogP contribution >= 0.6 is 11.6 Å². The van der Waals surface area contributed by atoms with Crippen molar-refractivity contribution in [1.29, 1.82) is 0 Å². The molecular formula is C17H18ClN3O3. The van der Waals surface area contributed by atoms with Gasteiger partial charge in [0.2, 0.25) is 11.7 Å². The predicted octanol–water partition coefficient (Wildman–Crippen LogP) is 2.88. The number of piperidine rings is 1. The largest absolute Gasteiger partial charge is 0.464 e. The van der Waals surface area contributed by atoms with E-state index in [1.165, 1.54) is 0 Å². The number of ether oxygens (including phenoxy) is 1. The molecule has 0 unspecified atom stereocenters. The molecule has 126 valence electrons. The molecule has 0 N–H and O–H groups in total. The van der Waals surface area contributed by atoms with Crippen molar-refractivity contribution < 1.29 is 14.1 Å². The smallest absolute Gasteiger partial charge is 0.323 e. The number of carbonyl (C=O) groups is 1. The molecule has 24 heavy (non-hydrogen) atoms. The zero-order valence-corrected chi connectivity index (χ0v) is 13.9. The molecule has 0 aliphatic carbocycles. The summed E-state index contributed by atoms with van der Waals surface area (Å²) in [6.07, 6.45) is 2.76. The molecule has 0 amide bonds. The Balaban J connectivity index is 1.49. The van der Waals surface area contributed by atoms with E-state index in [0.717, 1.165) is 37.9 Å². The highest BCUT2D eigenvalue weighted by Gasteiger charge is 2.36. The molecule has 1 aromatic carbocycles. The SMILES string of the molecule is O=C1OCC[C@H]1N1CCC[C@@H](c2nc(-c3ccc(Cl)cc3)no2)C1. The number of hydrogen-bond donors (Lipinski definition) is 0. The van der Waals surface area contributed by atoms with Gasteiger partial charge in [-0.05, 0) is 43.7 Å². The summed E-state index contributed by atoms with van der Waals surface area (Å²) in [5.74, 6) is 1.25. The number of aromatic nitrogens is 2. The number of halogens is 1. The first kappa shape index (κ1) is 15.6. The van der Waals surface area contributed by atoms with Gasteiger partial charge in [0.25, 0.3) is 0 Å². The van der Waals surface area contributed by atoms with E-state index in [1.807, 2.05) is 12.1 Å². The summed E-state index contributed by atoms with van der Waals surface area (Å²) in [6.45, 7) is 2.18. The molecule has 1 aromatic heterocycles. The van der Waals surface area contributed by atoms with Gasteiger partial charge in [-0.25, -0.2) is 0 Å². The second-order valence-corrected chi connectivity index (χ2v) is 6.71. The highest BCUT2D eigenvalue weighted by atomic mass is 35.5. The maximum absolute atomic E-state index is 11.8. The summed E-state index contributed by atoms with van der Waals surface area (Å²) < 4.78 is 10.6. The minimum atomic E-state index is -0.119. The number of likely N-dealkylation sites (tertiary alicyclic amines) is 1. The Kier molecular flexibility index (Phi) is 4.24. The van der Waals surface area contributed by atoms with Gasteiger partial charge in [-0.1, -0.05) is 16.8 Å². The van der Waals surface area contributed by atoms with Crippen LogP contribution in [0.25, 0.3) is 11.4 Å². The summed E-state index contributed by atoms with van der Waals surface area (Å²) in [6, 6.07) is 7.24. The van der Waals surface area contributed by atoms with Crippen LogP contribution in [0.15, 0.2) is 28.8 Å². The number of hydrogen-bond acceptors (Lipinski definition) is 6. The highest BCUT2D eigenvalue weighted by molar-refractivity contribution is 6.30. The Bertz CT molecular complexity index is 731. The van der Waals surface area contributed by atoms with E-state index >= 15 is 0 Å². The molecule has 0 radical (unpaired) electrons. The number of benzene rings is 1. The molecule has 2 saturated heterocycles. The van der Waals surface area contributed by atoms with Gasteiger partial charge in [-0.2, -0.15) is 4.98 Å². The number of esters is 1. The van der Waals surface area contributed by atoms with Crippen LogP contribution in [0, 0.1) is 0 Å². The average molecular weight is 348 g/mol. The van der Waals surface area contributed by atoms with E-state index < -0.39 is 0 Å². The predicted molar refractivity (Wildman–Crippen MR) is 87.7 cm³/mol. The van der Waals surface area contributed by atoms with Crippen molar-refractivity contribution in [3.63, 3.8) is 0 Å². The molecule has 4 rings (SSSR count). The van der Waals surface area contributed by atoms with Crippen LogP contribution in [-0.4, -0.2) is 46.7 Å². The lowest BCUT2D eigenvalue weighted by atomic mass is 9.96. The minimum Gasteiger partial charge on any atom is -0.464 e. The summed E-state index contributed by atoms with van der Waals surface area (Å²) in [4.78, 5) is 18.5. The van der Waals surface area contributed by atoms with Crippen LogP contribution in [0.2, 0.25) is 5.02 Å². The third-order valence-corrected chi connectivity index (χ3v) is 4.95. The minimum absolute atomic E-state index is 0.108. The Morgan fingerprint density at radius 1 is 1.21 bits per heavy atom. The first-order valence-electron chi connectivity index (χ1n) is 8.21. The second-order valence-electron chi connectivity index (χ2n) is 6.27. The Morgan fingerprint density at radius 3 is 2.79 bits per heavy atom. The van der Waals surface area contributed by atoms with Crippen LogP contribution in [0.3, 0.4) is 0 Å². The maximum atomic E-state index is 11.8. The Labute approximate surface area is 144 Å². The lowest BCUT2D eigenvalue weighted by Crippen LogP contribution is -2.44. The van der Waals surface area contributed by atoms with E-state index in [2.05, 4.69) is 15.0 Å². The molecule has 2 aromatic rings. The third kappa shape index (κ3) is 3.03. The van der Waals surface area contributed by atoms with Crippen LogP contribution in [0.1, 0.15) is 31.1 Å². The third-order valence-electron chi connectivity index (χ3n) is 4.69. The molecular weight excluding hydrogens is 330 g/mol. The van der Waals surface area contributed by atoms with Gasteiger partial charge in [0.05, 0.1) is 12.5 Å². The fourth-order valence-electron chi connectivity index (χ4n) is 3.43. The van der Waals surface area contributed by atoms with Crippen molar-refractivity contribution in [2.45, 2.75) is 31.2 Å². The first-order chi connectivity index (χ1) is 11.7. The van der Waals surface area contributed by atoms with Crippen LogP contribution in [-0.2, 0) is 9.53 Å². The monoisotopic (exact) mass is 347 g/mol. The van der Waals surface area contributed by atoms with E-state index in [0.29, 0.717) is 23.3 Å². The summed E-state index contributed by atoms with van der Waals surface area (Å²) >= 11 is 5.91. The zero-order valence-electron chi connectivity index (χ0n) is 13.2. The molecule has 0 spiro atoms. The Morgan fingerprint density at radius 2 is 2.04 bits per heavy atom. The molecule has 2 aliphatic heterocycles. The lowest BCUT2D eigenvalue weighted by Gasteiger charge is -2.33. The molecule has 7 heteroatoms. The van der Waals surface area contributed by atoms with Gasteiger partial charge in [0, 0.05) is 23.6 Å². The number of carbonyl (C=O) groups excluding carboxylic acids is 1. The van der Waals surface area contributed by atoms with Gasteiger partial charge >= 0.3 is 5.97 Å². The summed E-state index contributed by atoms with van der Waals surface area (Å²) in [7, 11) is 0. The molecule has 2 atom stereocenters. The topological polar surface area (TPSA) is 68.5 Å². The fourth-order valence-corrected chi connectivity index (χ4v) is 3.55. The van der Waals surface area contributed by atoms with Crippen molar-refractivity contribution in [2.24, 2.45) is 0 Å². The maximum Gasteiger partial charge on any atom is 0.323 e. The number of nitrogens with zero attached hydrogens (tertiary/aromatic N) is 3. The molecule has 2 fully saturated rings. The highest BCUT2D eigenvalue weighted by Crippen LogP contribution is 2.30. The van der Waals surface area contributed by atoms with Gasteiger partial charge in [-0.15, -0.1) is 0 Å². The molecule has 0 saturated carbocycles. The molecule has 3 heterocycles. The van der Waals surface area contributed by atoms with Gasteiger partial charge in [-0.3, -0.25) is 9.69 Å². The van der Waals surface area contributed by atoms with Gasteiger partial charge < -0.3 is 9.26 Å². The average Bonchev–Trinajstić information content (AvgIpc) is 3.25. The second kappa shape index (κ2) is 6.53. The van der Waals surface area contributed by atoms with Crippen LogP contribution < -0.4 is 0 Å². The van der Waals surface area contributed by atoms with Gasteiger partial charge in [0.15, 0.2) is 0 Å².